The molecule has 0 aromatic rings. The molecule has 0 saturated carbocycles. The number of carbonyl (C=O) groups is 3. The summed E-state index contributed by atoms with van der Waals surface area (Å²) in [4.78, 5) is 37.9. The summed E-state index contributed by atoms with van der Waals surface area (Å²) in [6.45, 7) is 6.45. The van der Waals surface area contributed by atoms with E-state index in [2.05, 4.69) is 93.7 Å². The highest BCUT2D eigenvalue weighted by atomic mass is 16.6. The Hall–Kier alpha value is -3.15. The van der Waals surface area contributed by atoms with E-state index < -0.39 is 6.10 Å². The molecule has 1 unspecified atom stereocenters. The molecule has 0 amide bonds. The molecule has 0 aromatic heterocycles. The van der Waals surface area contributed by atoms with Crippen molar-refractivity contribution in [2.75, 3.05) is 13.2 Å². The van der Waals surface area contributed by atoms with Gasteiger partial charge in [0.05, 0.1) is 0 Å². The lowest BCUT2D eigenvalue weighted by Crippen LogP contribution is -2.30. The summed E-state index contributed by atoms with van der Waals surface area (Å²) < 4.78 is 16.7. The molecule has 0 aliphatic carbocycles. The lowest BCUT2D eigenvalue weighted by molar-refractivity contribution is -0.167. The van der Waals surface area contributed by atoms with E-state index >= 15 is 0 Å². The molecule has 6 heteroatoms. The van der Waals surface area contributed by atoms with Gasteiger partial charge in [-0.3, -0.25) is 14.4 Å². The molecule has 1 atom stereocenters. The van der Waals surface area contributed by atoms with Crippen LogP contribution in [0.15, 0.2) is 72.9 Å². The summed E-state index contributed by atoms with van der Waals surface area (Å²) in [6.07, 6.45) is 63.3. The maximum Gasteiger partial charge on any atom is 0.306 e. The van der Waals surface area contributed by atoms with Gasteiger partial charge < -0.3 is 14.2 Å². The Bertz CT molecular complexity index is 1180. The predicted molar refractivity (Wildman–Crippen MR) is 265 cm³/mol. The molecule has 0 fully saturated rings. The van der Waals surface area contributed by atoms with Gasteiger partial charge in [-0.15, -0.1) is 0 Å². The van der Waals surface area contributed by atoms with Gasteiger partial charge >= 0.3 is 17.9 Å². The normalized spacial score (nSPS) is 12.6. The molecule has 0 bridgehead atoms. The molecule has 0 aliphatic rings. The second-order valence-corrected chi connectivity index (χ2v) is 17.1. The first kappa shape index (κ1) is 58.9. The van der Waals surface area contributed by atoms with Crippen LogP contribution in [0.3, 0.4) is 0 Å². The number of ether oxygens (including phenoxy) is 3. The van der Waals surface area contributed by atoms with Crippen molar-refractivity contribution >= 4 is 17.9 Å². The molecule has 0 aliphatic heterocycles. The minimum atomic E-state index is -0.803. The van der Waals surface area contributed by atoms with Crippen LogP contribution < -0.4 is 0 Å². The molecule has 0 heterocycles. The first-order valence-electron chi connectivity index (χ1n) is 25.9. The van der Waals surface area contributed by atoms with Crippen molar-refractivity contribution in [2.24, 2.45) is 0 Å². The number of rotatable bonds is 46. The van der Waals surface area contributed by atoms with Crippen LogP contribution in [-0.2, 0) is 28.6 Å². The molecule has 0 rings (SSSR count). The predicted octanol–water partition coefficient (Wildman–Crippen LogP) is 17.0. The molecule has 0 N–H and O–H groups in total. The fourth-order valence-electron chi connectivity index (χ4n) is 7.06. The van der Waals surface area contributed by atoms with Gasteiger partial charge in [0.1, 0.15) is 13.2 Å². The van der Waals surface area contributed by atoms with Crippen LogP contribution in [0.25, 0.3) is 0 Å². The Morgan fingerprint density at radius 1 is 0.339 bits per heavy atom. The van der Waals surface area contributed by atoms with E-state index in [-0.39, 0.29) is 37.5 Å². The molecule has 0 radical (unpaired) electrons. The van der Waals surface area contributed by atoms with Crippen LogP contribution >= 0.6 is 0 Å². The minimum absolute atomic E-state index is 0.0982. The van der Waals surface area contributed by atoms with Gasteiger partial charge in [0, 0.05) is 19.3 Å². The van der Waals surface area contributed by atoms with E-state index in [1.54, 1.807) is 0 Å². The van der Waals surface area contributed by atoms with E-state index in [9.17, 15) is 14.4 Å². The topological polar surface area (TPSA) is 78.9 Å². The van der Waals surface area contributed by atoms with Crippen LogP contribution in [-0.4, -0.2) is 37.2 Å². The maximum atomic E-state index is 12.8. The summed E-state index contributed by atoms with van der Waals surface area (Å²) in [7, 11) is 0. The van der Waals surface area contributed by atoms with Crippen molar-refractivity contribution < 1.29 is 28.6 Å². The summed E-state index contributed by atoms with van der Waals surface area (Å²) in [6, 6.07) is 0. The zero-order chi connectivity index (χ0) is 45.1. The average Bonchev–Trinajstić information content (AvgIpc) is 3.27. The summed E-state index contributed by atoms with van der Waals surface area (Å²) in [5.41, 5.74) is 0. The lowest BCUT2D eigenvalue weighted by Gasteiger charge is -2.18. The number of carbonyl (C=O) groups excluding carboxylic acids is 3. The number of hydrogen-bond acceptors (Lipinski definition) is 6. The molecular weight excluding hydrogens is 769 g/mol. The summed E-state index contributed by atoms with van der Waals surface area (Å²) in [5, 5.41) is 0. The molecule has 6 nitrogen and oxygen atoms in total. The van der Waals surface area contributed by atoms with Gasteiger partial charge in [-0.05, 0) is 83.5 Å². The number of allylic oxidation sites excluding steroid dienone is 12. The van der Waals surface area contributed by atoms with Gasteiger partial charge in [-0.25, -0.2) is 0 Å². The zero-order valence-corrected chi connectivity index (χ0v) is 40.6. The third kappa shape index (κ3) is 47.9. The fraction of sp³-hybridized carbons (Fsp3) is 0.732. The third-order valence-electron chi connectivity index (χ3n) is 10.9. The minimum Gasteiger partial charge on any atom is -0.462 e. The van der Waals surface area contributed by atoms with Gasteiger partial charge in [-0.2, -0.15) is 0 Å². The van der Waals surface area contributed by atoms with Crippen molar-refractivity contribution in [3.05, 3.63) is 72.9 Å². The standard InChI is InChI=1S/C56H96O6/c1-4-7-10-13-16-19-21-23-25-27-29-30-32-34-37-40-43-46-49-55(58)61-52-53(51-60-54(57)48-45-42-39-36-18-15-12-9-6-3)62-56(59)50-47-44-41-38-35-33-31-28-26-24-22-20-17-14-11-8-5-2/h8,11,17,20,24-27,31,33,38,41,53H,4-7,9-10,12-16,18-19,21-23,28-30,32,34-37,39-40,42-52H2,1-3H3/b11-8-,20-17-,26-24-,27-25-,33-31-,41-38-. The van der Waals surface area contributed by atoms with E-state index in [1.807, 2.05) is 0 Å². The first-order chi connectivity index (χ1) is 30.5. The smallest absolute Gasteiger partial charge is 0.306 e. The Balaban J connectivity index is 4.41. The van der Waals surface area contributed by atoms with Crippen molar-refractivity contribution in [3.8, 4) is 0 Å². The van der Waals surface area contributed by atoms with Crippen molar-refractivity contribution in [1.82, 2.24) is 0 Å². The lowest BCUT2D eigenvalue weighted by atomic mass is 10.1. The van der Waals surface area contributed by atoms with Crippen molar-refractivity contribution in [1.29, 1.82) is 0 Å². The van der Waals surface area contributed by atoms with Crippen molar-refractivity contribution in [3.63, 3.8) is 0 Å². The van der Waals surface area contributed by atoms with E-state index in [0.29, 0.717) is 19.3 Å². The highest BCUT2D eigenvalue weighted by Crippen LogP contribution is 2.14. The van der Waals surface area contributed by atoms with Gasteiger partial charge in [-0.1, -0.05) is 216 Å². The molecule has 62 heavy (non-hydrogen) atoms. The first-order valence-corrected chi connectivity index (χ1v) is 25.9. The van der Waals surface area contributed by atoms with Crippen LogP contribution in [0.4, 0.5) is 0 Å². The monoisotopic (exact) mass is 865 g/mol. The number of esters is 3. The quantitative estimate of drug-likeness (QED) is 0.0262. The molecule has 356 valence electrons. The molecule has 0 aromatic carbocycles. The Labute approximate surface area is 382 Å². The van der Waals surface area contributed by atoms with Crippen LogP contribution in [0.5, 0.6) is 0 Å². The molecule has 0 saturated heterocycles. The van der Waals surface area contributed by atoms with Gasteiger partial charge in [0.25, 0.3) is 0 Å². The van der Waals surface area contributed by atoms with Crippen LogP contribution in [0.1, 0.15) is 245 Å². The maximum absolute atomic E-state index is 12.8. The Kier molecular flexibility index (Phi) is 47.9. The SMILES string of the molecule is CC/C=C\C/C=C\C/C=C\C/C=C\C/C=C\CCCC(=O)OC(COC(=O)CCCCCCCCC/C=C\CCCCCCCCC)COC(=O)CCCCCCCCCCC. The Morgan fingerprint density at radius 3 is 1.05 bits per heavy atom. The summed E-state index contributed by atoms with van der Waals surface area (Å²) >= 11 is 0. The van der Waals surface area contributed by atoms with Crippen LogP contribution in [0, 0.1) is 0 Å². The van der Waals surface area contributed by atoms with Gasteiger partial charge in [0.2, 0.25) is 0 Å². The summed E-state index contributed by atoms with van der Waals surface area (Å²) in [5.74, 6) is -0.962. The van der Waals surface area contributed by atoms with E-state index in [0.717, 1.165) is 77.0 Å². The van der Waals surface area contributed by atoms with E-state index in [4.69, 9.17) is 14.2 Å². The highest BCUT2D eigenvalue weighted by molar-refractivity contribution is 5.71. The number of hydrogen-bond donors (Lipinski definition) is 0. The Morgan fingerprint density at radius 2 is 0.645 bits per heavy atom. The van der Waals surface area contributed by atoms with Gasteiger partial charge in [0.15, 0.2) is 6.10 Å². The second-order valence-electron chi connectivity index (χ2n) is 17.1. The fourth-order valence-corrected chi connectivity index (χ4v) is 7.06. The number of unbranched alkanes of at least 4 members (excludes halogenated alkanes) is 23. The average molecular weight is 865 g/mol. The highest BCUT2D eigenvalue weighted by Gasteiger charge is 2.19. The van der Waals surface area contributed by atoms with Crippen molar-refractivity contribution in [2.45, 2.75) is 252 Å². The van der Waals surface area contributed by atoms with E-state index in [1.165, 1.54) is 122 Å². The van der Waals surface area contributed by atoms with Crippen LogP contribution in [0.2, 0.25) is 0 Å². The zero-order valence-electron chi connectivity index (χ0n) is 40.6. The second kappa shape index (κ2) is 50.5. The molecular formula is C56H96O6. The third-order valence-corrected chi connectivity index (χ3v) is 10.9. The molecule has 0 spiro atoms. The largest absolute Gasteiger partial charge is 0.462 e.